The largest absolute Gasteiger partial charge is 0.390 e. The van der Waals surface area contributed by atoms with Gasteiger partial charge in [0.15, 0.2) is 6.29 Å². The van der Waals surface area contributed by atoms with Crippen molar-refractivity contribution in [2.45, 2.75) is 39.0 Å². The van der Waals surface area contributed by atoms with Gasteiger partial charge in [-0.15, -0.1) is 6.58 Å². The van der Waals surface area contributed by atoms with Gasteiger partial charge in [-0.05, 0) is 11.5 Å². The van der Waals surface area contributed by atoms with Gasteiger partial charge in [0.2, 0.25) is 0 Å². The first-order valence-corrected chi connectivity index (χ1v) is 7.81. The van der Waals surface area contributed by atoms with Gasteiger partial charge >= 0.3 is 0 Å². The summed E-state index contributed by atoms with van der Waals surface area (Å²) in [5, 5.41) is 10.4. The van der Waals surface area contributed by atoms with E-state index in [1.165, 1.54) is 0 Å². The monoisotopic (exact) mass is 306 g/mol. The topological polar surface area (TPSA) is 47.9 Å². The number of hydrogen-bond donors (Lipinski definition) is 1. The Balaban J connectivity index is 1.86. The molecule has 0 aliphatic carbocycles. The molecule has 0 spiro atoms. The summed E-state index contributed by atoms with van der Waals surface area (Å²) in [6.45, 7) is 9.00. The molecule has 1 heterocycles. The van der Waals surface area contributed by atoms with E-state index in [0.717, 1.165) is 5.56 Å². The van der Waals surface area contributed by atoms with Crippen molar-refractivity contribution in [1.82, 2.24) is 0 Å². The van der Waals surface area contributed by atoms with Crippen LogP contribution in [-0.4, -0.2) is 36.8 Å². The molecule has 1 fully saturated rings. The van der Waals surface area contributed by atoms with Crippen LogP contribution >= 0.6 is 0 Å². The molecular weight excluding hydrogens is 280 g/mol. The third kappa shape index (κ3) is 4.40. The van der Waals surface area contributed by atoms with Crippen molar-refractivity contribution in [3.63, 3.8) is 0 Å². The summed E-state index contributed by atoms with van der Waals surface area (Å²) in [6.07, 6.45) is 0.452. The first-order valence-electron chi connectivity index (χ1n) is 7.81. The van der Waals surface area contributed by atoms with Crippen molar-refractivity contribution in [2.75, 3.05) is 13.2 Å². The smallest absolute Gasteiger partial charge is 0.161 e. The summed E-state index contributed by atoms with van der Waals surface area (Å²) in [5.74, 6) is 0.217. The van der Waals surface area contributed by atoms with Gasteiger partial charge in [-0.3, -0.25) is 0 Å². The minimum atomic E-state index is -0.547. The molecule has 0 bridgehead atoms. The number of rotatable bonds is 7. The average Bonchev–Trinajstić information content (AvgIpc) is 2.55. The molecule has 0 unspecified atom stereocenters. The Hall–Kier alpha value is -1.20. The maximum Gasteiger partial charge on any atom is 0.161 e. The van der Waals surface area contributed by atoms with Gasteiger partial charge in [0.05, 0.1) is 25.9 Å². The van der Waals surface area contributed by atoms with E-state index < -0.39 is 6.10 Å². The molecule has 1 aliphatic heterocycles. The highest BCUT2D eigenvalue weighted by atomic mass is 16.7. The van der Waals surface area contributed by atoms with E-state index in [1.54, 1.807) is 6.08 Å². The quantitative estimate of drug-likeness (QED) is 0.787. The van der Waals surface area contributed by atoms with Crippen LogP contribution in [0.15, 0.2) is 43.0 Å². The molecule has 1 saturated heterocycles. The zero-order chi connectivity index (χ0) is 15.9. The van der Waals surface area contributed by atoms with Gasteiger partial charge in [0, 0.05) is 5.92 Å². The molecule has 5 atom stereocenters. The Labute approximate surface area is 132 Å². The highest BCUT2D eigenvalue weighted by molar-refractivity contribution is 5.13. The third-order valence-electron chi connectivity index (χ3n) is 4.26. The molecule has 1 aromatic carbocycles. The molecule has 22 heavy (non-hydrogen) atoms. The van der Waals surface area contributed by atoms with Crippen molar-refractivity contribution in [3.05, 3.63) is 48.6 Å². The molecular formula is C18H26O4. The maximum absolute atomic E-state index is 10.4. The molecule has 1 aromatic rings. The van der Waals surface area contributed by atoms with Crippen molar-refractivity contribution in [3.8, 4) is 0 Å². The number of hydrogen-bond acceptors (Lipinski definition) is 4. The minimum Gasteiger partial charge on any atom is -0.390 e. The molecule has 122 valence electrons. The molecule has 0 aromatic heterocycles. The molecule has 0 amide bonds. The molecule has 4 heteroatoms. The summed E-state index contributed by atoms with van der Waals surface area (Å²) >= 11 is 0. The second kappa shape index (κ2) is 8.44. The second-order valence-electron chi connectivity index (χ2n) is 5.87. The van der Waals surface area contributed by atoms with Crippen molar-refractivity contribution >= 4 is 0 Å². The normalized spacial score (nSPS) is 31.9. The fraction of sp³-hybridized carbons (Fsp3) is 0.556. The van der Waals surface area contributed by atoms with E-state index in [4.69, 9.17) is 14.2 Å². The lowest BCUT2D eigenvalue weighted by Crippen LogP contribution is -2.51. The van der Waals surface area contributed by atoms with Crippen molar-refractivity contribution < 1.29 is 19.3 Å². The van der Waals surface area contributed by atoms with Crippen LogP contribution in [0.1, 0.15) is 19.4 Å². The molecule has 2 rings (SSSR count). The average molecular weight is 306 g/mol. The van der Waals surface area contributed by atoms with Gasteiger partial charge < -0.3 is 19.3 Å². The fourth-order valence-electron chi connectivity index (χ4n) is 2.63. The number of benzene rings is 1. The van der Waals surface area contributed by atoms with Gasteiger partial charge in [0.1, 0.15) is 6.10 Å². The van der Waals surface area contributed by atoms with E-state index in [0.29, 0.717) is 19.8 Å². The Bertz CT molecular complexity index is 448. The van der Waals surface area contributed by atoms with Crippen LogP contribution in [0.2, 0.25) is 0 Å². The lowest BCUT2D eigenvalue weighted by atomic mass is 9.85. The van der Waals surface area contributed by atoms with Crippen molar-refractivity contribution in [2.24, 2.45) is 11.8 Å². The molecule has 1 N–H and O–H groups in total. The predicted molar refractivity (Wildman–Crippen MR) is 85.2 cm³/mol. The zero-order valence-electron chi connectivity index (χ0n) is 13.4. The maximum atomic E-state index is 10.4. The number of aliphatic hydroxyl groups is 1. The van der Waals surface area contributed by atoms with Crippen LogP contribution in [0.5, 0.6) is 0 Å². The van der Waals surface area contributed by atoms with Crippen LogP contribution in [0.4, 0.5) is 0 Å². The SMILES string of the molecule is C=CCO[C@H]1O[C@H](COCc2ccccc2)[C@H](O)[C@H](C)[C@H]1C. The fourth-order valence-corrected chi connectivity index (χ4v) is 2.63. The summed E-state index contributed by atoms with van der Waals surface area (Å²) in [6, 6.07) is 9.96. The molecule has 0 saturated carbocycles. The van der Waals surface area contributed by atoms with Crippen molar-refractivity contribution in [1.29, 1.82) is 0 Å². The van der Waals surface area contributed by atoms with Crippen LogP contribution < -0.4 is 0 Å². The third-order valence-corrected chi connectivity index (χ3v) is 4.26. The predicted octanol–water partition coefficient (Wildman–Crippen LogP) is 2.76. The first kappa shape index (κ1) is 17.2. The highest BCUT2D eigenvalue weighted by Gasteiger charge is 2.41. The number of ether oxygens (including phenoxy) is 3. The zero-order valence-corrected chi connectivity index (χ0v) is 13.4. The summed E-state index contributed by atoms with van der Waals surface area (Å²) < 4.78 is 17.2. The summed E-state index contributed by atoms with van der Waals surface area (Å²) in [7, 11) is 0. The van der Waals surface area contributed by atoms with E-state index in [-0.39, 0.29) is 24.2 Å². The summed E-state index contributed by atoms with van der Waals surface area (Å²) in [4.78, 5) is 0. The molecule has 0 radical (unpaired) electrons. The van der Waals surface area contributed by atoms with Gasteiger partial charge in [-0.2, -0.15) is 0 Å². The van der Waals surface area contributed by atoms with Crippen LogP contribution in [-0.2, 0) is 20.8 Å². The van der Waals surface area contributed by atoms with E-state index in [2.05, 4.69) is 6.58 Å². The van der Waals surface area contributed by atoms with Crippen LogP contribution in [0.3, 0.4) is 0 Å². The minimum absolute atomic E-state index is 0.0916. The summed E-state index contributed by atoms with van der Waals surface area (Å²) in [5.41, 5.74) is 1.11. The van der Waals surface area contributed by atoms with E-state index in [9.17, 15) is 5.11 Å². The molecule has 1 aliphatic rings. The lowest BCUT2D eigenvalue weighted by Gasteiger charge is -2.42. The highest BCUT2D eigenvalue weighted by Crippen LogP contribution is 2.31. The van der Waals surface area contributed by atoms with Gasteiger partial charge in [-0.1, -0.05) is 50.3 Å². The Morgan fingerprint density at radius 2 is 1.95 bits per heavy atom. The lowest BCUT2D eigenvalue weighted by molar-refractivity contribution is -0.268. The Morgan fingerprint density at radius 3 is 2.64 bits per heavy atom. The van der Waals surface area contributed by atoms with Crippen LogP contribution in [0, 0.1) is 11.8 Å². The molecule has 4 nitrogen and oxygen atoms in total. The Morgan fingerprint density at radius 1 is 1.23 bits per heavy atom. The van der Waals surface area contributed by atoms with Gasteiger partial charge in [0.25, 0.3) is 0 Å². The number of aliphatic hydroxyl groups excluding tert-OH is 1. The van der Waals surface area contributed by atoms with Gasteiger partial charge in [-0.25, -0.2) is 0 Å². The van der Waals surface area contributed by atoms with Crippen LogP contribution in [0.25, 0.3) is 0 Å². The van der Waals surface area contributed by atoms with E-state index in [1.807, 2.05) is 44.2 Å². The Kier molecular flexibility index (Phi) is 6.58. The second-order valence-corrected chi connectivity index (χ2v) is 5.87. The first-order chi connectivity index (χ1) is 10.6. The standard InChI is InChI=1S/C18H26O4/c1-4-10-21-18-14(3)13(2)17(19)16(22-18)12-20-11-15-8-6-5-7-9-15/h4-9,13-14,16-19H,1,10-12H2,2-3H3/t13-,14-,16-,17-,18+/m1/s1. The van der Waals surface area contributed by atoms with E-state index >= 15 is 0 Å².